The van der Waals surface area contributed by atoms with Gasteiger partial charge in [-0.05, 0) is 24.6 Å². The molecule has 7 heteroatoms. The van der Waals surface area contributed by atoms with Gasteiger partial charge in [-0.2, -0.15) is 13.2 Å². The molecule has 0 fully saturated rings. The van der Waals surface area contributed by atoms with E-state index in [2.05, 4.69) is 5.32 Å². The predicted molar refractivity (Wildman–Crippen MR) is 61.6 cm³/mol. The number of aliphatic carboxylic acids is 1. The molecule has 0 heterocycles. The maximum Gasteiger partial charge on any atom is 0.416 e. The van der Waals surface area contributed by atoms with Crippen LogP contribution in [0.1, 0.15) is 11.1 Å². The van der Waals surface area contributed by atoms with Crippen LogP contribution in [-0.2, 0) is 15.8 Å². The van der Waals surface area contributed by atoms with Crippen molar-refractivity contribution in [3.05, 3.63) is 41.5 Å². The van der Waals surface area contributed by atoms with Crippen LogP contribution in [-0.4, -0.2) is 17.0 Å². The molecule has 0 saturated carbocycles. The van der Waals surface area contributed by atoms with Gasteiger partial charge in [0.1, 0.15) is 0 Å². The number of amides is 1. The highest BCUT2D eigenvalue weighted by Crippen LogP contribution is 2.31. The number of alkyl halides is 3. The number of carbonyl (C=O) groups excluding carboxylic acids is 1. The molecule has 0 aliphatic heterocycles. The standard InChI is InChI=1S/C12H10F3NO3/c1-7-2-3-8(12(13,14)15)6-9(7)16-10(17)4-5-11(18)19/h2-6H,1H3,(H,16,17)(H,18,19)/b5-4+. The van der Waals surface area contributed by atoms with Crippen LogP contribution < -0.4 is 5.32 Å². The molecule has 1 aromatic rings. The third-order valence-corrected chi connectivity index (χ3v) is 2.20. The zero-order chi connectivity index (χ0) is 14.6. The van der Waals surface area contributed by atoms with Crippen molar-refractivity contribution >= 4 is 17.6 Å². The summed E-state index contributed by atoms with van der Waals surface area (Å²) in [6, 6.07) is 2.92. The number of carbonyl (C=O) groups is 2. The molecule has 0 aromatic heterocycles. The SMILES string of the molecule is Cc1ccc(C(F)(F)F)cc1NC(=O)/C=C/C(=O)O. The van der Waals surface area contributed by atoms with Crippen LogP contribution in [0.3, 0.4) is 0 Å². The molecule has 1 rings (SSSR count). The molecule has 0 aliphatic carbocycles. The third kappa shape index (κ3) is 4.46. The Morgan fingerprint density at radius 3 is 2.42 bits per heavy atom. The molecule has 1 aromatic carbocycles. The first kappa shape index (κ1) is 14.7. The van der Waals surface area contributed by atoms with Crippen LogP contribution in [0.4, 0.5) is 18.9 Å². The second-order valence-corrected chi connectivity index (χ2v) is 3.69. The maximum absolute atomic E-state index is 12.5. The van der Waals surface area contributed by atoms with Crippen LogP contribution in [0.15, 0.2) is 30.4 Å². The van der Waals surface area contributed by atoms with Gasteiger partial charge >= 0.3 is 12.1 Å². The summed E-state index contributed by atoms with van der Waals surface area (Å²) in [6.45, 7) is 1.52. The molecule has 4 nitrogen and oxygen atoms in total. The summed E-state index contributed by atoms with van der Waals surface area (Å²) in [7, 11) is 0. The van der Waals surface area contributed by atoms with Crippen LogP contribution in [0, 0.1) is 6.92 Å². The van der Waals surface area contributed by atoms with E-state index in [-0.39, 0.29) is 5.69 Å². The minimum Gasteiger partial charge on any atom is -0.478 e. The van der Waals surface area contributed by atoms with Crippen molar-refractivity contribution in [3.63, 3.8) is 0 Å². The smallest absolute Gasteiger partial charge is 0.416 e. The maximum atomic E-state index is 12.5. The van der Waals surface area contributed by atoms with E-state index in [1.54, 1.807) is 0 Å². The van der Waals surface area contributed by atoms with Crippen LogP contribution in [0.5, 0.6) is 0 Å². The first-order chi connectivity index (χ1) is 8.70. The summed E-state index contributed by atoms with van der Waals surface area (Å²) in [5, 5.41) is 10.5. The van der Waals surface area contributed by atoms with Crippen molar-refractivity contribution < 1.29 is 27.9 Å². The number of rotatable bonds is 3. The summed E-state index contributed by atoms with van der Waals surface area (Å²) >= 11 is 0. The second-order valence-electron chi connectivity index (χ2n) is 3.69. The van der Waals surface area contributed by atoms with E-state index >= 15 is 0 Å². The van der Waals surface area contributed by atoms with Gasteiger partial charge in [0.2, 0.25) is 5.91 Å². The molecule has 1 amide bonds. The van der Waals surface area contributed by atoms with Gasteiger partial charge in [-0.3, -0.25) is 4.79 Å². The Labute approximate surface area is 106 Å². The van der Waals surface area contributed by atoms with Crippen LogP contribution in [0.2, 0.25) is 0 Å². The van der Waals surface area contributed by atoms with E-state index in [1.165, 1.54) is 13.0 Å². The lowest BCUT2D eigenvalue weighted by Gasteiger charge is -2.11. The van der Waals surface area contributed by atoms with Gasteiger partial charge in [0.05, 0.1) is 5.56 Å². The van der Waals surface area contributed by atoms with Gasteiger partial charge in [0.25, 0.3) is 0 Å². The van der Waals surface area contributed by atoms with Gasteiger partial charge < -0.3 is 10.4 Å². The molecule has 0 spiro atoms. The summed E-state index contributed by atoms with van der Waals surface area (Å²) < 4.78 is 37.5. The first-order valence-electron chi connectivity index (χ1n) is 5.10. The Morgan fingerprint density at radius 1 is 1.26 bits per heavy atom. The molecule has 2 N–H and O–H groups in total. The van der Waals surface area contributed by atoms with Gasteiger partial charge in [-0.15, -0.1) is 0 Å². The van der Waals surface area contributed by atoms with E-state index in [0.29, 0.717) is 11.6 Å². The normalized spacial score (nSPS) is 11.6. The number of aryl methyl sites for hydroxylation is 1. The van der Waals surface area contributed by atoms with E-state index in [1.807, 2.05) is 0 Å². The lowest BCUT2D eigenvalue weighted by Crippen LogP contribution is -2.12. The summed E-state index contributed by atoms with van der Waals surface area (Å²) in [4.78, 5) is 21.5. The minimum absolute atomic E-state index is 0.0186. The number of halogens is 3. The monoisotopic (exact) mass is 273 g/mol. The number of hydrogen-bond acceptors (Lipinski definition) is 2. The first-order valence-corrected chi connectivity index (χ1v) is 5.10. The van der Waals surface area contributed by atoms with Crippen molar-refractivity contribution in [1.29, 1.82) is 0 Å². The molecular weight excluding hydrogens is 263 g/mol. The highest BCUT2D eigenvalue weighted by molar-refractivity contribution is 6.02. The molecule has 0 radical (unpaired) electrons. The summed E-state index contributed by atoms with van der Waals surface area (Å²) in [5.41, 5.74) is -0.476. The largest absolute Gasteiger partial charge is 0.478 e. The molecular formula is C12H10F3NO3. The molecule has 0 saturated heterocycles. The third-order valence-electron chi connectivity index (χ3n) is 2.20. The summed E-state index contributed by atoms with van der Waals surface area (Å²) in [5.74, 6) is -2.14. The fourth-order valence-corrected chi connectivity index (χ4v) is 1.25. The summed E-state index contributed by atoms with van der Waals surface area (Å²) in [6.07, 6.45) is -3.19. The minimum atomic E-state index is -4.51. The average Bonchev–Trinajstić information content (AvgIpc) is 2.28. The topological polar surface area (TPSA) is 66.4 Å². The van der Waals surface area contributed by atoms with E-state index < -0.39 is 23.6 Å². The number of carboxylic acids is 1. The Bertz CT molecular complexity index is 536. The molecule has 19 heavy (non-hydrogen) atoms. The fraction of sp³-hybridized carbons (Fsp3) is 0.167. The molecule has 0 atom stereocenters. The zero-order valence-electron chi connectivity index (χ0n) is 9.78. The number of nitrogens with one attached hydrogen (secondary N) is 1. The van der Waals surface area contributed by atoms with Crippen molar-refractivity contribution in [2.75, 3.05) is 5.32 Å². The number of hydrogen-bond donors (Lipinski definition) is 2. The van der Waals surface area contributed by atoms with Gasteiger partial charge in [-0.1, -0.05) is 6.07 Å². The lowest BCUT2D eigenvalue weighted by atomic mass is 10.1. The van der Waals surface area contributed by atoms with Gasteiger partial charge in [0, 0.05) is 17.8 Å². The fourth-order valence-electron chi connectivity index (χ4n) is 1.25. The molecule has 0 aliphatic rings. The van der Waals surface area contributed by atoms with Gasteiger partial charge in [-0.25, -0.2) is 4.79 Å². The van der Waals surface area contributed by atoms with Gasteiger partial charge in [0.15, 0.2) is 0 Å². The Balaban J connectivity index is 2.95. The highest BCUT2D eigenvalue weighted by atomic mass is 19.4. The Morgan fingerprint density at radius 2 is 1.89 bits per heavy atom. The quantitative estimate of drug-likeness (QED) is 0.832. The van der Waals surface area contributed by atoms with E-state index in [9.17, 15) is 22.8 Å². The predicted octanol–water partition coefficient (Wildman–Crippen LogP) is 2.59. The number of carboxylic acid groups (broad SMARTS) is 1. The van der Waals surface area contributed by atoms with Crippen molar-refractivity contribution in [2.24, 2.45) is 0 Å². The molecule has 102 valence electrons. The van der Waals surface area contributed by atoms with Crippen LogP contribution in [0.25, 0.3) is 0 Å². The molecule has 0 bridgehead atoms. The van der Waals surface area contributed by atoms with E-state index in [0.717, 1.165) is 18.2 Å². The van der Waals surface area contributed by atoms with E-state index in [4.69, 9.17) is 5.11 Å². The second kappa shape index (κ2) is 5.55. The number of benzene rings is 1. The highest BCUT2D eigenvalue weighted by Gasteiger charge is 2.30. The van der Waals surface area contributed by atoms with Crippen LogP contribution >= 0.6 is 0 Å². The average molecular weight is 273 g/mol. The molecule has 0 unspecified atom stereocenters. The van der Waals surface area contributed by atoms with Crippen molar-refractivity contribution in [2.45, 2.75) is 13.1 Å². The lowest BCUT2D eigenvalue weighted by molar-refractivity contribution is -0.137. The Hall–Kier alpha value is -2.31. The number of anilines is 1. The zero-order valence-corrected chi connectivity index (χ0v) is 9.78. The Kier molecular flexibility index (Phi) is 4.31. The van der Waals surface area contributed by atoms with Crippen molar-refractivity contribution in [3.8, 4) is 0 Å². The van der Waals surface area contributed by atoms with Crippen molar-refractivity contribution in [1.82, 2.24) is 0 Å².